The lowest BCUT2D eigenvalue weighted by atomic mass is 10.0. The van der Waals surface area contributed by atoms with Gasteiger partial charge in [0.25, 0.3) is 5.91 Å². The molecule has 2 atom stereocenters. The van der Waals surface area contributed by atoms with Crippen LogP contribution in [-0.2, 0) is 4.79 Å². The zero-order chi connectivity index (χ0) is 18.8. The maximum atomic E-state index is 13.0. The van der Waals surface area contributed by atoms with Gasteiger partial charge in [0.15, 0.2) is 0 Å². The van der Waals surface area contributed by atoms with Gasteiger partial charge in [-0.25, -0.2) is 20.7 Å². The van der Waals surface area contributed by atoms with Crippen molar-refractivity contribution in [3.05, 3.63) is 71.2 Å². The first kappa shape index (κ1) is 17.4. The average Bonchev–Trinajstić information content (AvgIpc) is 3.27. The zero-order valence-corrected chi connectivity index (χ0v) is 14.8. The van der Waals surface area contributed by atoms with Crippen LogP contribution in [0.1, 0.15) is 29.3 Å². The Morgan fingerprint density at radius 2 is 1.96 bits per heavy atom. The van der Waals surface area contributed by atoms with Crippen molar-refractivity contribution in [1.82, 2.24) is 21.3 Å². The second kappa shape index (κ2) is 7.30. The number of benzene rings is 2. The highest BCUT2D eigenvalue weighted by molar-refractivity contribution is 6.00. The number of carbonyl (C=O) groups excluding carboxylic acids is 1. The number of carbonyl (C=O) groups is 1. The normalized spacial score (nSPS) is 19.8. The lowest BCUT2D eigenvalue weighted by Crippen LogP contribution is -2.41. The van der Waals surface area contributed by atoms with Gasteiger partial charge in [0.05, 0.1) is 6.21 Å². The number of hydrazone groups is 1. The highest BCUT2D eigenvalue weighted by Crippen LogP contribution is 2.22. The van der Waals surface area contributed by atoms with E-state index >= 15 is 0 Å². The number of hydrazine groups is 1. The second-order valence-electron chi connectivity index (χ2n) is 6.62. The van der Waals surface area contributed by atoms with Crippen molar-refractivity contribution in [1.29, 1.82) is 0 Å². The predicted molar refractivity (Wildman–Crippen MR) is 103 cm³/mol. The SMILES string of the molecule is Cc1[nH]c2ccccc2c1/C=N/NC(=O)C1CC(c2ccc(F)cc2)NN1. The molecule has 1 amide bonds. The summed E-state index contributed by atoms with van der Waals surface area (Å²) in [6.07, 6.45) is 2.21. The number of aromatic nitrogens is 1. The van der Waals surface area contributed by atoms with Gasteiger partial charge in [0.2, 0.25) is 0 Å². The largest absolute Gasteiger partial charge is 0.358 e. The van der Waals surface area contributed by atoms with Crippen molar-refractivity contribution in [3.63, 3.8) is 0 Å². The number of nitrogens with zero attached hydrogens (tertiary/aromatic N) is 1. The number of para-hydroxylation sites is 1. The van der Waals surface area contributed by atoms with Crippen LogP contribution in [0.5, 0.6) is 0 Å². The standard InChI is InChI=1S/C20H20FN5O/c1-12-16(15-4-2-3-5-17(15)23-12)11-22-26-20(27)19-10-18(24-25-19)13-6-8-14(21)9-7-13/h2-9,11,18-19,23-25H,10H2,1H3,(H,26,27)/b22-11+. The fraction of sp³-hybridized carbons (Fsp3) is 0.200. The van der Waals surface area contributed by atoms with Gasteiger partial charge < -0.3 is 4.98 Å². The first-order valence-corrected chi connectivity index (χ1v) is 8.78. The first-order valence-electron chi connectivity index (χ1n) is 8.78. The number of aryl methyl sites for hydroxylation is 1. The minimum absolute atomic E-state index is 0.0545. The molecule has 0 saturated carbocycles. The van der Waals surface area contributed by atoms with Gasteiger partial charge >= 0.3 is 0 Å². The molecule has 4 N–H and O–H groups in total. The van der Waals surface area contributed by atoms with Crippen LogP contribution in [0.3, 0.4) is 0 Å². The third-order valence-corrected chi connectivity index (χ3v) is 4.80. The molecular formula is C20H20FN5O. The van der Waals surface area contributed by atoms with Crippen LogP contribution >= 0.6 is 0 Å². The minimum atomic E-state index is -0.415. The van der Waals surface area contributed by atoms with Crippen LogP contribution in [0.4, 0.5) is 4.39 Å². The fourth-order valence-corrected chi connectivity index (χ4v) is 3.34. The van der Waals surface area contributed by atoms with E-state index in [1.54, 1.807) is 18.3 Å². The molecule has 3 aromatic rings. The number of halogens is 1. The Balaban J connectivity index is 1.39. The van der Waals surface area contributed by atoms with Gasteiger partial charge in [-0.1, -0.05) is 30.3 Å². The van der Waals surface area contributed by atoms with E-state index in [4.69, 9.17) is 0 Å². The van der Waals surface area contributed by atoms with Gasteiger partial charge in [0.1, 0.15) is 11.9 Å². The van der Waals surface area contributed by atoms with E-state index in [-0.39, 0.29) is 17.8 Å². The number of H-pyrrole nitrogens is 1. The number of hydrogen-bond acceptors (Lipinski definition) is 4. The van der Waals surface area contributed by atoms with Crippen LogP contribution in [0.25, 0.3) is 10.9 Å². The van der Waals surface area contributed by atoms with Gasteiger partial charge in [-0.05, 0) is 37.1 Å². The molecule has 2 unspecified atom stereocenters. The summed E-state index contributed by atoms with van der Waals surface area (Å²) in [6, 6.07) is 13.7. The second-order valence-corrected chi connectivity index (χ2v) is 6.62. The molecule has 1 aliphatic rings. The van der Waals surface area contributed by atoms with Crippen LogP contribution in [0.15, 0.2) is 53.6 Å². The van der Waals surface area contributed by atoms with Gasteiger partial charge in [-0.2, -0.15) is 5.10 Å². The highest BCUT2D eigenvalue weighted by Gasteiger charge is 2.30. The number of hydrogen-bond donors (Lipinski definition) is 4. The molecule has 2 aromatic carbocycles. The van der Waals surface area contributed by atoms with E-state index < -0.39 is 6.04 Å². The van der Waals surface area contributed by atoms with Gasteiger partial charge in [0, 0.05) is 28.2 Å². The summed E-state index contributed by atoms with van der Waals surface area (Å²) in [5.74, 6) is -0.498. The van der Waals surface area contributed by atoms with Gasteiger partial charge in [-0.3, -0.25) is 4.79 Å². The smallest absolute Gasteiger partial charge is 0.258 e. The van der Waals surface area contributed by atoms with Gasteiger partial charge in [-0.15, -0.1) is 0 Å². The fourth-order valence-electron chi connectivity index (χ4n) is 3.34. The summed E-state index contributed by atoms with van der Waals surface area (Å²) < 4.78 is 13.0. The molecule has 2 heterocycles. The maximum absolute atomic E-state index is 13.0. The highest BCUT2D eigenvalue weighted by atomic mass is 19.1. The molecule has 6 nitrogen and oxygen atoms in total. The third-order valence-electron chi connectivity index (χ3n) is 4.80. The Labute approximate surface area is 155 Å². The lowest BCUT2D eigenvalue weighted by Gasteiger charge is -2.09. The molecule has 1 aliphatic heterocycles. The Morgan fingerprint density at radius 1 is 1.19 bits per heavy atom. The third kappa shape index (κ3) is 3.60. The Morgan fingerprint density at radius 3 is 2.78 bits per heavy atom. The van der Waals surface area contributed by atoms with Crippen LogP contribution in [0.2, 0.25) is 0 Å². The topological polar surface area (TPSA) is 81.3 Å². The molecular weight excluding hydrogens is 345 g/mol. The Kier molecular flexibility index (Phi) is 4.70. The number of aromatic amines is 1. The summed E-state index contributed by atoms with van der Waals surface area (Å²) in [7, 11) is 0. The molecule has 1 aromatic heterocycles. The predicted octanol–water partition coefficient (Wildman–Crippen LogP) is 2.67. The summed E-state index contributed by atoms with van der Waals surface area (Å²) in [5.41, 5.74) is 12.5. The molecule has 0 spiro atoms. The van der Waals surface area contributed by atoms with Crippen molar-refractivity contribution in [2.45, 2.75) is 25.4 Å². The number of amides is 1. The molecule has 0 radical (unpaired) electrons. The number of fused-ring (bicyclic) bond motifs is 1. The molecule has 1 saturated heterocycles. The van der Waals surface area contributed by atoms with Crippen LogP contribution < -0.4 is 16.3 Å². The summed E-state index contributed by atoms with van der Waals surface area (Å²) in [4.78, 5) is 15.7. The van der Waals surface area contributed by atoms with Crippen molar-refractivity contribution < 1.29 is 9.18 Å². The Hall–Kier alpha value is -3.03. The maximum Gasteiger partial charge on any atom is 0.258 e. The van der Waals surface area contributed by atoms with E-state index in [0.29, 0.717) is 6.42 Å². The first-order chi connectivity index (χ1) is 13.1. The van der Waals surface area contributed by atoms with E-state index in [1.165, 1.54) is 12.1 Å². The van der Waals surface area contributed by atoms with E-state index in [9.17, 15) is 9.18 Å². The number of rotatable bonds is 4. The molecule has 0 aliphatic carbocycles. The average molecular weight is 365 g/mol. The lowest BCUT2D eigenvalue weighted by molar-refractivity contribution is -0.122. The van der Waals surface area contributed by atoms with E-state index in [2.05, 4.69) is 26.4 Å². The van der Waals surface area contributed by atoms with E-state index in [0.717, 1.165) is 27.7 Å². The van der Waals surface area contributed by atoms with Crippen LogP contribution in [-0.4, -0.2) is 23.1 Å². The van der Waals surface area contributed by atoms with Crippen molar-refractivity contribution >= 4 is 23.0 Å². The molecule has 7 heteroatoms. The molecule has 1 fully saturated rings. The van der Waals surface area contributed by atoms with Crippen LogP contribution in [0, 0.1) is 12.7 Å². The monoisotopic (exact) mass is 365 g/mol. The molecule has 0 bridgehead atoms. The van der Waals surface area contributed by atoms with Crippen molar-refractivity contribution in [2.24, 2.45) is 5.10 Å². The summed E-state index contributed by atoms with van der Waals surface area (Å²) in [6.45, 7) is 1.97. The van der Waals surface area contributed by atoms with E-state index in [1.807, 2.05) is 31.2 Å². The zero-order valence-electron chi connectivity index (χ0n) is 14.8. The minimum Gasteiger partial charge on any atom is -0.358 e. The quantitative estimate of drug-likeness (QED) is 0.424. The molecule has 138 valence electrons. The number of nitrogens with one attached hydrogen (secondary N) is 4. The van der Waals surface area contributed by atoms with Crippen molar-refractivity contribution in [2.75, 3.05) is 0 Å². The summed E-state index contributed by atoms with van der Waals surface area (Å²) in [5, 5.41) is 5.18. The summed E-state index contributed by atoms with van der Waals surface area (Å²) >= 11 is 0. The molecule has 4 rings (SSSR count). The molecule has 27 heavy (non-hydrogen) atoms. The Bertz CT molecular complexity index is 995. The van der Waals surface area contributed by atoms with Crippen molar-refractivity contribution in [3.8, 4) is 0 Å².